The van der Waals surface area contributed by atoms with E-state index < -0.39 is 6.09 Å². The molecule has 3 rings (SSSR count). The molecule has 0 saturated heterocycles. The van der Waals surface area contributed by atoms with E-state index in [1.54, 1.807) is 14.0 Å². The highest BCUT2D eigenvalue weighted by molar-refractivity contribution is 6.01. The first kappa shape index (κ1) is 22.5. The lowest BCUT2D eigenvalue weighted by Gasteiger charge is -2.19. The van der Waals surface area contributed by atoms with Gasteiger partial charge in [0.1, 0.15) is 5.75 Å². The summed E-state index contributed by atoms with van der Waals surface area (Å²) >= 11 is 0. The molecule has 31 heavy (non-hydrogen) atoms. The summed E-state index contributed by atoms with van der Waals surface area (Å²) in [6.07, 6.45) is 6.17. The molecule has 1 aliphatic carbocycles. The fourth-order valence-corrected chi connectivity index (χ4v) is 4.09. The van der Waals surface area contributed by atoms with Gasteiger partial charge in [-0.3, -0.25) is 0 Å². The van der Waals surface area contributed by atoms with E-state index in [2.05, 4.69) is 48.7 Å². The number of hydrogen-bond acceptors (Lipinski definition) is 5. The molecule has 0 aliphatic heterocycles. The Morgan fingerprint density at radius 1 is 1.26 bits per heavy atom. The molecule has 7 nitrogen and oxygen atoms in total. The van der Waals surface area contributed by atoms with Crippen molar-refractivity contribution < 1.29 is 14.3 Å². The van der Waals surface area contributed by atoms with Crippen LogP contribution in [0.3, 0.4) is 0 Å². The lowest BCUT2D eigenvalue weighted by atomic mass is 10.0. The predicted molar refractivity (Wildman–Crippen MR) is 126 cm³/mol. The summed E-state index contributed by atoms with van der Waals surface area (Å²) < 4.78 is 12.8. The number of fused-ring (bicyclic) bond motifs is 1. The first-order valence-electron chi connectivity index (χ1n) is 10.5. The molecular formula is C24H32N4O3. The third-order valence-corrected chi connectivity index (χ3v) is 5.44. The van der Waals surface area contributed by atoms with Crippen LogP contribution in [0.5, 0.6) is 5.75 Å². The number of nitrogens with zero attached hydrogens (tertiary/aromatic N) is 3. The number of methoxy groups -OCH3 is 1. The van der Waals surface area contributed by atoms with E-state index in [0.717, 1.165) is 45.3 Å². The average molecular weight is 425 g/mol. The van der Waals surface area contributed by atoms with Gasteiger partial charge >= 0.3 is 6.09 Å². The molecule has 0 saturated carbocycles. The fourth-order valence-electron chi connectivity index (χ4n) is 4.09. The highest BCUT2D eigenvalue weighted by Gasteiger charge is 2.23. The van der Waals surface area contributed by atoms with Gasteiger partial charge in [0.25, 0.3) is 0 Å². The normalized spacial score (nSPS) is 13.8. The zero-order valence-corrected chi connectivity index (χ0v) is 19.2. The highest BCUT2D eigenvalue weighted by atomic mass is 16.6. The number of rotatable bonds is 6. The van der Waals surface area contributed by atoms with E-state index in [0.29, 0.717) is 12.1 Å². The van der Waals surface area contributed by atoms with Crippen molar-refractivity contribution in [1.29, 1.82) is 0 Å². The zero-order valence-electron chi connectivity index (χ0n) is 19.2. The van der Waals surface area contributed by atoms with Gasteiger partial charge in [-0.15, -0.1) is 0 Å². The number of benzene rings is 1. The maximum atomic E-state index is 12.1. The topological polar surface area (TPSA) is 73.0 Å². The minimum atomic E-state index is -0.568. The molecule has 0 unspecified atom stereocenters. The van der Waals surface area contributed by atoms with Crippen LogP contribution in [0.4, 0.5) is 10.5 Å². The summed E-state index contributed by atoms with van der Waals surface area (Å²) in [6.45, 7) is 6.95. The molecule has 0 bridgehead atoms. The number of anilines is 1. The first-order chi connectivity index (χ1) is 14.8. The molecule has 1 aromatic heterocycles. The van der Waals surface area contributed by atoms with E-state index in [1.807, 2.05) is 25.1 Å². The number of ether oxygens (including phenoxy) is 2. The van der Waals surface area contributed by atoms with Gasteiger partial charge in [-0.25, -0.2) is 15.6 Å². The number of allylic oxidation sites excluding steroid dienone is 5. The summed E-state index contributed by atoms with van der Waals surface area (Å²) in [6, 6.07) is 6.19. The van der Waals surface area contributed by atoms with Crippen LogP contribution in [0, 0.1) is 0 Å². The van der Waals surface area contributed by atoms with Gasteiger partial charge in [0.2, 0.25) is 0 Å². The Labute approximate surface area is 184 Å². The van der Waals surface area contributed by atoms with Crippen LogP contribution in [0.1, 0.15) is 32.9 Å². The minimum absolute atomic E-state index is 0.274. The van der Waals surface area contributed by atoms with Crippen molar-refractivity contribution in [2.24, 2.45) is 5.84 Å². The molecular weight excluding hydrogens is 392 g/mol. The van der Waals surface area contributed by atoms with Gasteiger partial charge in [0.15, 0.2) is 0 Å². The third kappa shape index (κ3) is 4.18. The van der Waals surface area contributed by atoms with E-state index in [9.17, 15) is 4.79 Å². The SMILES string of the molecule is CCOC(=O)N(N)C1=C(C)C=C(c2c(N(C)C)c3ccc(OC)cc3n2CC)CC=C1. The number of hydrazine groups is 1. The van der Waals surface area contributed by atoms with Gasteiger partial charge in [0.05, 0.1) is 36.3 Å². The summed E-state index contributed by atoms with van der Waals surface area (Å²) in [4.78, 5) is 14.3. The van der Waals surface area contributed by atoms with Gasteiger partial charge in [-0.1, -0.05) is 12.2 Å². The maximum absolute atomic E-state index is 12.1. The third-order valence-electron chi connectivity index (χ3n) is 5.44. The highest BCUT2D eigenvalue weighted by Crippen LogP contribution is 2.41. The second-order valence-electron chi connectivity index (χ2n) is 7.63. The Morgan fingerprint density at radius 3 is 2.61 bits per heavy atom. The molecule has 2 aromatic rings. The van der Waals surface area contributed by atoms with Crippen LogP contribution in [0.15, 0.2) is 47.7 Å². The van der Waals surface area contributed by atoms with Crippen molar-refractivity contribution in [3.8, 4) is 5.75 Å². The van der Waals surface area contributed by atoms with E-state index >= 15 is 0 Å². The summed E-state index contributed by atoms with van der Waals surface area (Å²) in [5, 5.41) is 2.24. The molecule has 1 amide bonds. The van der Waals surface area contributed by atoms with Gasteiger partial charge in [0, 0.05) is 32.1 Å². The fraction of sp³-hybridized carbons (Fsp3) is 0.375. The number of amides is 1. The van der Waals surface area contributed by atoms with E-state index in [1.165, 1.54) is 5.39 Å². The lowest BCUT2D eigenvalue weighted by Crippen LogP contribution is -2.37. The molecule has 0 spiro atoms. The van der Waals surface area contributed by atoms with Crippen molar-refractivity contribution in [3.05, 3.63) is 53.4 Å². The van der Waals surface area contributed by atoms with Crippen LogP contribution < -0.4 is 15.5 Å². The molecule has 7 heteroatoms. The molecule has 0 fully saturated rings. The van der Waals surface area contributed by atoms with Crippen LogP contribution in [-0.2, 0) is 11.3 Å². The van der Waals surface area contributed by atoms with E-state index in [-0.39, 0.29) is 6.61 Å². The molecule has 0 radical (unpaired) electrons. The summed E-state index contributed by atoms with van der Waals surface area (Å²) in [7, 11) is 5.81. The monoisotopic (exact) mass is 424 g/mol. The number of aryl methyl sites for hydroxylation is 1. The summed E-state index contributed by atoms with van der Waals surface area (Å²) in [5.74, 6) is 6.87. The molecule has 2 N–H and O–H groups in total. The maximum Gasteiger partial charge on any atom is 0.428 e. The van der Waals surface area contributed by atoms with Crippen molar-refractivity contribution in [2.75, 3.05) is 32.7 Å². The van der Waals surface area contributed by atoms with Crippen molar-refractivity contribution >= 4 is 28.3 Å². The van der Waals surface area contributed by atoms with Crippen LogP contribution in [-0.4, -0.2) is 43.5 Å². The molecule has 166 valence electrons. The number of nitrogens with two attached hydrogens (primary N) is 1. The van der Waals surface area contributed by atoms with Crippen molar-refractivity contribution in [2.45, 2.75) is 33.7 Å². The Morgan fingerprint density at radius 2 is 2.00 bits per heavy atom. The number of carbonyl (C=O) groups excluding carboxylic acids is 1. The Bertz CT molecular complexity index is 1080. The molecule has 1 heterocycles. The number of aromatic nitrogens is 1. The lowest BCUT2D eigenvalue weighted by molar-refractivity contribution is 0.119. The van der Waals surface area contributed by atoms with Crippen LogP contribution in [0.25, 0.3) is 16.5 Å². The first-order valence-corrected chi connectivity index (χ1v) is 10.5. The average Bonchev–Trinajstić information content (AvgIpc) is 2.96. The molecule has 1 aromatic carbocycles. The second kappa shape index (κ2) is 9.31. The standard InChI is InChI=1S/C24H32N4O3/c1-7-27-21-15-18(30-6)12-13-19(21)23(26(4)5)22(27)17-10-9-11-20(16(3)14-17)28(25)24(29)31-8-2/h9,11-15H,7-8,10,25H2,1-6H3. The Hall–Kier alpha value is -3.19. The minimum Gasteiger partial charge on any atom is -0.497 e. The second-order valence-corrected chi connectivity index (χ2v) is 7.63. The summed E-state index contributed by atoms with van der Waals surface area (Å²) in [5.41, 5.74) is 6.12. The number of hydrogen-bond donors (Lipinski definition) is 1. The predicted octanol–water partition coefficient (Wildman–Crippen LogP) is 4.69. The van der Waals surface area contributed by atoms with Crippen molar-refractivity contribution in [1.82, 2.24) is 9.58 Å². The quantitative estimate of drug-likeness (QED) is 0.414. The largest absolute Gasteiger partial charge is 0.497 e. The molecule has 0 atom stereocenters. The van der Waals surface area contributed by atoms with Gasteiger partial charge in [-0.05, 0) is 56.5 Å². The zero-order chi connectivity index (χ0) is 22.7. The van der Waals surface area contributed by atoms with Gasteiger partial charge in [-0.2, -0.15) is 0 Å². The van der Waals surface area contributed by atoms with Crippen LogP contribution in [0.2, 0.25) is 0 Å². The molecule has 1 aliphatic rings. The van der Waals surface area contributed by atoms with Gasteiger partial charge < -0.3 is 18.9 Å². The van der Waals surface area contributed by atoms with Crippen LogP contribution >= 0.6 is 0 Å². The van der Waals surface area contributed by atoms with Crippen molar-refractivity contribution in [3.63, 3.8) is 0 Å². The smallest absolute Gasteiger partial charge is 0.428 e. The Kier molecular flexibility index (Phi) is 6.75. The Balaban J connectivity index is 2.21. The number of carbonyl (C=O) groups is 1. The van der Waals surface area contributed by atoms with E-state index in [4.69, 9.17) is 15.3 Å².